The van der Waals surface area contributed by atoms with Gasteiger partial charge in [0.25, 0.3) is 0 Å². The minimum atomic E-state index is 0.125. The van der Waals surface area contributed by atoms with Gasteiger partial charge < -0.3 is 9.80 Å². The molecule has 4 heteroatoms. The molecule has 0 spiro atoms. The lowest BCUT2D eigenvalue weighted by Gasteiger charge is -2.29. The molecule has 1 aromatic carbocycles. The highest BCUT2D eigenvalue weighted by Gasteiger charge is 2.36. The fourth-order valence-corrected chi connectivity index (χ4v) is 4.85. The van der Waals surface area contributed by atoms with E-state index >= 15 is 0 Å². The van der Waals surface area contributed by atoms with Crippen LogP contribution in [0.1, 0.15) is 49.7 Å². The topological polar surface area (TPSA) is 40.6 Å². The Morgan fingerprint density at radius 2 is 1.48 bits per heavy atom. The van der Waals surface area contributed by atoms with Crippen molar-refractivity contribution in [3.8, 4) is 0 Å². The number of fused-ring (bicyclic) bond motifs is 2. The van der Waals surface area contributed by atoms with Crippen LogP contribution in [-0.4, -0.2) is 41.2 Å². The second-order valence-electron chi connectivity index (χ2n) is 7.94. The van der Waals surface area contributed by atoms with Crippen LogP contribution in [0.25, 0.3) is 0 Å². The fraction of sp³-hybridized carbons (Fsp3) is 0.619. The zero-order valence-electron chi connectivity index (χ0n) is 15.0. The molecule has 134 valence electrons. The van der Waals surface area contributed by atoms with Gasteiger partial charge in [0.1, 0.15) is 0 Å². The molecule has 0 aromatic heterocycles. The van der Waals surface area contributed by atoms with Gasteiger partial charge in [-0.1, -0.05) is 37.1 Å². The molecule has 1 aromatic rings. The van der Waals surface area contributed by atoms with E-state index in [1.807, 2.05) is 15.9 Å². The van der Waals surface area contributed by atoms with E-state index in [9.17, 15) is 9.59 Å². The second kappa shape index (κ2) is 7.19. The lowest BCUT2D eigenvalue weighted by Crippen LogP contribution is -2.37. The number of carbonyl (C=O) groups excluding carboxylic acids is 2. The summed E-state index contributed by atoms with van der Waals surface area (Å²) in [6, 6.07) is 8.34. The molecule has 25 heavy (non-hydrogen) atoms. The first-order valence-electron chi connectivity index (χ1n) is 9.83. The highest BCUT2D eigenvalue weighted by atomic mass is 16.2. The molecule has 4 nitrogen and oxygen atoms in total. The maximum Gasteiger partial charge on any atom is 0.223 e. The Balaban J connectivity index is 1.27. The maximum atomic E-state index is 12.5. The Kier molecular flexibility index (Phi) is 4.78. The molecular weight excluding hydrogens is 312 g/mol. The van der Waals surface area contributed by atoms with E-state index in [0.29, 0.717) is 31.2 Å². The number of hydrogen-bond acceptors (Lipinski definition) is 2. The number of amides is 2. The van der Waals surface area contributed by atoms with E-state index in [0.717, 1.165) is 26.1 Å². The van der Waals surface area contributed by atoms with Gasteiger partial charge >= 0.3 is 0 Å². The van der Waals surface area contributed by atoms with Crippen LogP contribution in [0.5, 0.6) is 0 Å². The third kappa shape index (κ3) is 3.58. The predicted molar refractivity (Wildman–Crippen MR) is 96.8 cm³/mol. The Hall–Kier alpha value is -1.84. The molecule has 1 saturated heterocycles. The summed E-state index contributed by atoms with van der Waals surface area (Å²) in [5.41, 5.74) is 2.60. The lowest BCUT2D eigenvalue weighted by atomic mass is 9.82. The standard InChI is InChI=1S/C21H28N2O2/c24-20(22-12-11-16-5-1-2-6-17(16)13-22)9-10-21(25)23-14-18-7-3-4-8-19(18)15-23/h1-2,5-6,18-19H,3-4,7-15H2. The summed E-state index contributed by atoms with van der Waals surface area (Å²) in [7, 11) is 0. The van der Waals surface area contributed by atoms with Gasteiger partial charge in [-0.05, 0) is 42.2 Å². The van der Waals surface area contributed by atoms with E-state index < -0.39 is 0 Å². The minimum Gasteiger partial charge on any atom is -0.342 e. The second-order valence-corrected chi connectivity index (χ2v) is 7.94. The summed E-state index contributed by atoms with van der Waals surface area (Å²) >= 11 is 0. The third-order valence-electron chi connectivity index (χ3n) is 6.37. The summed E-state index contributed by atoms with van der Waals surface area (Å²) in [5.74, 6) is 1.73. The first-order valence-corrected chi connectivity index (χ1v) is 9.83. The highest BCUT2D eigenvalue weighted by molar-refractivity contribution is 5.84. The van der Waals surface area contributed by atoms with Crippen LogP contribution in [0.3, 0.4) is 0 Å². The predicted octanol–water partition coefficient (Wildman–Crippen LogP) is 3.00. The molecule has 4 rings (SSSR count). The van der Waals surface area contributed by atoms with Gasteiger partial charge in [-0.3, -0.25) is 9.59 Å². The van der Waals surface area contributed by atoms with Crippen LogP contribution in [-0.2, 0) is 22.6 Å². The Morgan fingerprint density at radius 1 is 0.880 bits per heavy atom. The molecule has 2 aliphatic heterocycles. The van der Waals surface area contributed by atoms with Crippen LogP contribution in [0.15, 0.2) is 24.3 Å². The van der Waals surface area contributed by atoms with Gasteiger partial charge in [-0.2, -0.15) is 0 Å². The molecule has 2 heterocycles. The van der Waals surface area contributed by atoms with Gasteiger partial charge in [-0.15, -0.1) is 0 Å². The van der Waals surface area contributed by atoms with E-state index in [1.165, 1.54) is 36.8 Å². The molecule has 1 aliphatic carbocycles. The molecular formula is C21H28N2O2. The van der Waals surface area contributed by atoms with Crippen molar-refractivity contribution in [3.05, 3.63) is 35.4 Å². The van der Waals surface area contributed by atoms with Crippen LogP contribution in [0.2, 0.25) is 0 Å². The monoisotopic (exact) mass is 340 g/mol. The quantitative estimate of drug-likeness (QED) is 0.849. The average Bonchev–Trinajstić information content (AvgIpc) is 3.09. The highest BCUT2D eigenvalue weighted by Crippen LogP contribution is 2.36. The zero-order chi connectivity index (χ0) is 17.2. The van der Waals surface area contributed by atoms with Crippen molar-refractivity contribution in [1.82, 2.24) is 9.80 Å². The molecule has 2 fully saturated rings. The summed E-state index contributed by atoms with van der Waals surface area (Å²) in [6.07, 6.45) is 6.84. The molecule has 2 atom stereocenters. The van der Waals surface area contributed by atoms with Crippen LogP contribution in [0, 0.1) is 11.8 Å². The molecule has 0 radical (unpaired) electrons. The van der Waals surface area contributed by atoms with Gasteiger partial charge in [0, 0.05) is 39.0 Å². The molecule has 0 bridgehead atoms. The number of rotatable bonds is 3. The van der Waals surface area contributed by atoms with Crippen LogP contribution in [0.4, 0.5) is 0 Å². The summed E-state index contributed by atoms with van der Waals surface area (Å²) < 4.78 is 0. The average molecular weight is 340 g/mol. The maximum absolute atomic E-state index is 12.5. The molecule has 2 unspecified atom stereocenters. The molecule has 1 saturated carbocycles. The van der Waals surface area contributed by atoms with Crippen molar-refractivity contribution < 1.29 is 9.59 Å². The van der Waals surface area contributed by atoms with Crippen molar-refractivity contribution in [2.45, 2.75) is 51.5 Å². The largest absolute Gasteiger partial charge is 0.342 e. The number of carbonyl (C=O) groups is 2. The molecule has 2 amide bonds. The SMILES string of the molecule is O=C(CCC(=O)N1CC2CCCCC2C1)N1CCc2ccccc2C1. The fourth-order valence-electron chi connectivity index (χ4n) is 4.85. The van der Waals surface area contributed by atoms with Gasteiger partial charge in [0.15, 0.2) is 0 Å². The van der Waals surface area contributed by atoms with Crippen LogP contribution < -0.4 is 0 Å². The normalized spacial score (nSPS) is 25.4. The minimum absolute atomic E-state index is 0.125. The molecule has 3 aliphatic rings. The Labute approximate surface area is 150 Å². The van der Waals surface area contributed by atoms with Gasteiger partial charge in [0.2, 0.25) is 11.8 Å². The van der Waals surface area contributed by atoms with Crippen molar-refractivity contribution in [1.29, 1.82) is 0 Å². The summed E-state index contributed by atoms with van der Waals surface area (Å²) in [4.78, 5) is 29.0. The number of benzene rings is 1. The Bertz CT molecular complexity index is 643. The summed E-state index contributed by atoms with van der Waals surface area (Å²) in [6.45, 7) is 3.32. The first kappa shape index (κ1) is 16.6. The van der Waals surface area contributed by atoms with Crippen molar-refractivity contribution in [3.63, 3.8) is 0 Å². The number of nitrogens with zero attached hydrogens (tertiary/aromatic N) is 2. The van der Waals surface area contributed by atoms with E-state index in [2.05, 4.69) is 18.2 Å². The number of likely N-dealkylation sites (tertiary alicyclic amines) is 1. The van der Waals surface area contributed by atoms with Crippen molar-refractivity contribution in [2.75, 3.05) is 19.6 Å². The zero-order valence-corrected chi connectivity index (χ0v) is 15.0. The number of hydrogen-bond donors (Lipinski definition) is 0. The van der Waals surface area contributed by atoms with E-state index in [4.69, 9.17) is 0 Å². The van der Waals surface area contributed by atoms with E-state index in [1.54, 1.807) is 0 Å². The first-order chi connectivity index (χ1) is 12.2. The summed E-state index contributed by atoms with van der Waals surface area (Å²) in [5, 5.41) is 0. The smallest absolute Gasteiger partial charge is 0.223 e. The van der Waals surface area contributed by atoms with Crippen LogP contribution >= 0.6 is 0 Å². The van der Waals surface area contributed by atoms with Crippen molar-refractivity contribution in [2.24, 2.45) is 11.8 Å². The Morgan fingerprint density at radius 3 is 2.16 bits per heavy atom. The third-order valence-corrected chi connectivity index (χ3v) is 6.37. The van der Waals surface area contributed by atoms with E-state index in [-0.39, 0.29) is 11.8 Å². The lowest BCUT2D eigenvalue weighted by molar-refractivity contribution is -0.137. The van der Waals surface area contributed by atoms with Gasteiger partial charge in [0.05, 0.1) is 0 Å². The van der Waals surface area contributed by atoms with Gasteiger partial charge in [-0.25, -0.2) is 0 Å². The van der Waals surface area contributed by atoms with Crippen molar-refractivity contribution >= 4 is 11.8 Å². The molecule has 0 N–H and O–H groups in total.